The summed E-state index contributed by atoms with van der Waals surface area (Å²) in [5, 5.41) is 12.7. The van der Waals surface area contributed by atoms with E-state index < -0.39 is 5.97 Å². The van der Waals surface area contributed by atoms with Gasteiger partial charge in [-0.3, -0.25) is 0 Å². The number of carboxylic acid groups (broad SMARTS) is 1. The maximum Gasteiger partial charge on any atom is 0.335 e. The Morgan fingerprint density at radius 2 is 1.71 bits per heavy atom. The number of hydrogen-bond acceptors (Lipinski definition) is 3. The molecule has 0 bridgehead atoms. The number of carbonyl (C=O) groups is 1. The SMILES string of the molecule is Cl.O=C(O)c1ccc(OCCNc2ccc(Cl)cc2)cc1. The highest BCUT2D eigenvalue weighted by Crippen LogP contribution is 2.14. The Balaban J connectivity index is 0.00000220. The first-order chi connectivity index (χ1) is 9.65. The molecule has 2 N–H and O–H groups in total. The molecule has 0 spiro atoms. The molecule has 0 heterocycles. The highest BCUT2D eigenvalue weighted by atomic mass is 35.5. The topological polar surface area (TPSA) is 58.6 Å². The van der Waals surface area contributed by atoms with Gasteiger partial charge >= 0.3 is 5.97 Å². The summed E-state index contributed by atoms with van der Waals surface area (Å²) in [6, 6.07) is 13.7. The minimum absolute atomic E-state index is 0. The Hall–Kier alpha value is -1.91. The van der Waals surface area contributed by atoms with E-state index in [1.807, 2.05) is 24.3 Å². The smallest absolute Gasteiger partial charge is 0.335 e. The Labute approximate surface area is 134 Å². The van der Waals surface area contributed by atoms with Crippen LogP contribution in [-0.2, 0) is 0 Å². The predicted molar refractivity (Wildman–Crippen MR) is 86.1 cm³/mol. The van der Waals surface area contributed by atoms with Crippen molar-refractivity contribution in [3.8, 4) is 5.75 Å². The largest absolute Gasteiger partial charge is 0.492 e. The number of benzene rings is 2. The van der Waals surface area contributed by atoms with Crippen LogP contribution >= 0.6 is 24.0 Å². The molecule has 2 rings (SSSR count). The number of halogens is 2. The highest BCUT2D eigenvalue weighted by molar-refractivity contribution is 6.30. The Morgan fingerprint density at radius 1 is 1.10 bits per heavy atom. The molecule has 0 radical (unpaired) electrons. The molecule has 2 aromatic rings. The van der Waals surface area contributed by atoms with Crippen molar-refractivity contribution in [2.45, 2.75) is 0 Å². The molecule has 0 saturated heterocycles. The molecule has 0 amide bonds. The van der Waals surface area contributed by atoms with Crippen molar-refractivity contribution in [2.75, 3.05) is 18.5 Å². The molecule has 112 valence electrons. The van der Waals surface area contributed by atoms with Crippen LogP contribution in [0.3, 0.4) is 0 Å². The van der Waals surface area contributed by atoms with E-state index in [1.165, 1.54) is 12.1 Å². The maximum atomic E-state index is 10.7. The summed E-state index contributed by atoms with van der Waals surface area (Å²) in [5.74, 6) is -0.297. The van der Waals surface area contributed by atoms with Crippen LogP contribution in [0, 0.1) is 0 Å². The number of ether oxygens (including phenoxy) is 1. The average molecular weight is 328 g/mol. The van der Waals surface area contributed by atoms with Crippen LogP contribution < -0.4 is 10.1 Å². The second kappa shape index (κ2) is 8.39. The first-order valence-electron chi connectivity index (χ1n) is 6.11. The summed E-state index contributed by atoms with van der Waals surface area (Å²) >= 11 is 5.79. The summed E-state index contributed by atoms with van der Waals surface area (Å²) < 4.78 is 5.50. The molecular weight excluding hydrogens is 313 g/mol. The van der Waals surface area contributed by atoms with E-state index in [0.717, 1.165) is 5.69 Å². The zero-order valence-corrected chi connectivity index (χ0v) is 12.7. The van der Waals surface area contributed by atoms with Crippen LogP contribution in [0.4, 0.5) is 5.69 Å². The van der Waals surface area contributed by atoms with Gasteiger partial charge in [0.2, 0.25) is 0 Å². The zero-order chi connectivity index (χ0) is 14.4. The maximum absolute atomic E-state index is 10.7. The summed E-state index contributed by atoms with van der Waals surface area (Å²) in [5.41, 5.74) is 1.22. The zero-order valence-electron chi connectivity index (χ0n) is 11.1. The van der Waals surface area contributed by atoms with Crippen LogP contribution in [0.25, 0.3) is 0 Å². The molecule has 2 aromatic carbocycles. The molecule has 0 aliphatic heterocycles. The van der Waals surface area contributed by atoms with Gasteiger partial charge in [-0.2, -0.15) is 0 Å². The lowest BCUT2D eigenvalue weighted by Gasteiger charge is -2.08. The van der Waals surface area contributed by atoms with Gasteiger partial charge in [-0.25, -0.2) is 4.79 Å². The fourth-order valence-electron chi connectivity index (χ4n) is 1.63. The van der Waals surface area contributed by atoms with E-state index in [1.54, 1.807) is 12.1 Å². The monoisotopic (exact) mass is 327 g/mol. The third kappa shape index (κ3) is 5.53. The molecule has 0 aliphatic carbocycles. The van der Waals surface area contributed by atoms with Crippen LogP contribution in [0.5, 0.6) is 5.75 Å². The number of aromatic carboxylic acids is 1. The lowest BCUT2D eigenvalue weighted by atomic mass is 10.2. The Kier molecular flexibility index (Phi) is 6.85. The number of rotatable bonds is 6. The first-order valence-corrected chi connectivity index (χ1v) is 6.48. The number of hydrogen-bond donors (Lipinski definition) is 2. The van der Waals surface area contributed by atoms with Gasteiger partial charge < -0.3 is 15.2 Å². The van der Waals surface area contributed by atoms with Crippen molar-refractivity contribution in [2.24, 2.45) is 0 Å². The second-order valence-electron chi connectivity index (χ2n) is 4.11. The van der Waals surface area contributed by atoms with E-state index in [0.29, 0.717) is 23.9 Å². The van der Waals surface area contributed by atoms with Gasteiger partial charge in [0.25, 0.3) is 0 Å². The summed E-state index contributed by atoms with van der Waals surface area (Å²) in [6.07, 6.45) is 0. The van der Waals surface area contributed by atoms with Crippen molar-refractivity contribution in [3.63, 3.8) is 0 Å². The molecular formula is C15H15Cl2NO3. The molecule has 0 aliphatic rings. The minimum atomic E-state index is -0.944. The molecule has 6 heteroatoms. The van der Waals surface area contributed by atoms with Crippen LogP contribution in [-0.4, -0.2) is 24.2 Å². The Bertz CT molecular complexity index is 570. The molecule has 21 heavy (non-hydrogen) atoms. The highest BCUT2D eigenvalue weighted by Gasteiger charge is 2.01. The lowest BCUT2D eigenvalue weighted by molar-refractivity contribution is 0.0697. The van der Waals surface area contributed by atoms with Crippen molar-refractivity contribution in [1.29, 1.82) is 0 Å². The van der Waals surface area contributed by atoms with E-state index >= 15 is 0 Å². The molecule has 0 atom stereocenters. The summed E-state index contributed by atoms with van der Waals surface area (Å²) in [6.45, 7) is 1.12. The van der Waals surface area contributed by atoms with Gasteiger partial charge in [0.15, 0.2) is 0 Å². The van der Waals surface area contributed by atoms with Gasteiger partial charge in [0.05, 0.1) is 5.56 Å². The average Bonchev–Trinajstić information content (AvgIpc) is 2.46. The number of anilines is 1. The van der Waals surface area contributed by atoms with Crippen molar-refractivity contribution in [1.82, 2.24) is 0 Å². The molecule has 0 aromatic heterocycles. The third-order valence-electron chi connectivity index (χ3n) is 2.65. The quantitative estimate of drug-likeness (QED) is 0.788. The van der Waals surface area contributed by atoms with E-state index in [4.69, 9.17) is 21.4 Å². The predicted octanol–water partition coefficient (Wildman–Crippen LogP) is 3.95. The second-order valence-corrected chi connectivity index (χ2v) is 4.55. The van der Waals surface area contributed by atoms with Crippen LogP contribution in [0.2, 0.25) is 5.02 Å². The Morgan fingerprint density at radius 3 is 2.29 bits per heavy atom. The first kappa shape index (κ1) is 17.1. The van der Waals surface area contributed by atoms with Crippen LogP contribution in [0.15, 0.2) is 48.5 Å². The van der Waals surface area contributed by atoms with E-state index in [9.17, 15) is 4.79 Å². The lowest BCUT2D eigenvalue weighted by Crippen LogP contribution is -2.11. The van der Waals surface area contributed by atoms with Crippen molar-refractivity contribution >= 4 is 35.7 Å². The van der Waals surface area contributed by atoms with Gasteiger partial charge in [0.1, 0.15) is 12.4 Å². The van der Waals surface area contributed by atoms with Crippen molar-refractivity contribution < 1.29 is 14.6 Å². The standard InChI is InChI=1S/C15H14ClNO3.ClH/c16-12-3-5-13(6-4-12)17-9-10-20-14-7-1-11(2-8-14)15(18)19;/h1-8,17H,9-10H2,(H,18,19);1H. The van der Waals surface area contributed by atoms with Gasteiger partial charge in [-0.1, -0.05) is 11.6 Å². The van der Waals surface area contributed by atoms with Crippen LogP contribution in [0.1, 0.15) is 10.4 Å². The molecule has 4 nitrogen and oxygen atoms in total. The minimum Gasteiger partial charge on any atom is -0.492 e. The van der Waals surface area contributed by atoms with Gasteiger partial charge in [-0.15, -0.1) is 12.4 Å². The van der Waals surface area contributed by atoms with E-state index in [2.05, 4.69) is 5.32 Å². The molecule has 0 unspecified atom stereocenters. The fraction of sp³-hybridized carbons (Fsp3) is 0.133. The van der Waals surface area contributed by atoms with E-state index in [-0.39, 0.29) is 18.0 Å². The summed E-state index contributed by atoms with van der Waals surface area (Å²) in [4.78, 5) is 10.7. The van der Waals surface area contributed by atoms with Gasteiger partial charge in [0, 0.05) is 17.3 Å². The normalized spacial score (nSPS) is 9.57. The van der Waals surface area contributed by atoms with Crippen molar-refractivity contribution in [3.05, 3.63) is 59.1 Å². The van der Waals surface area contributed by atoms with Gasteiger partial charge in [-0.05, 0) is 48.5 Å². The summed E-state index contributed by atoms with van der Waals surface area (Å²) in [7, 11) is 0. The number of nitrogens with one attached hydrogen (secondary N) is 1. The molecule has 0 fully saturated rings. The fourth-order valence-corrected chi connectivity index (χ4v) is 1.75. The molecule has 0 saturated carbocycles. The third-order valence-corrected chi connectivity index (χ3v) is 2.90. The number of carboxylic acids is 1.